The summed E-state index contributed by atoms with van der Waals surface area (Å²) >= 11 is 1.34. The molecule has 1 aromatic heterocycles. The summed E-state index contributed by atoms with van der Waals surface area (Å²) in [7, 11) is 0. The summed E-state index contributed by atoms with van der Waals surface area (Å²) in [6.07, 6.45) is 2.59. The van der Waals surface area contributed by atoms with Crippen LogP contribution in [-0.2, 0) is 11.3 Å². The predicted molar refractivity (Wildman–Crippen MR) is 127 cm³/mol. The number of benzene rings is 2. The Labute approximate surface area is 191 Å². The van der Waals surface area contributed by atoms with Gasteiger partial charge in [0.1, 0.15) is 5.00 Å². The van der Waals surface area contributed by atoms with Crippen molar-refractivity contribution < 1.29 is 14.4 Å². The van der Waals surface area contributed by atoms with Crippen molar-refractivity contribution in [3.8, 4) is 11.1 Å². The summed E-state index contributed by atoms with van der Waals surface area (Å²) in [5.74, 6) is -0.710. The van der Waals surface area contributed by atoms with Crippen molar-refractivity contribution in [2.45, 2.75) is 32.7 Å². The summed E-state index contributed by atoms with van der Waals surface area (Å²) < 4.78 is 0. The zero-order chi connectivity index (χ0) is 22.7. The molecular formula is C25H25N3O3S. The maximum atomic E-state index is 12.9. The van der Waals surface area contributed by atoms with Crippen molar-refractivity contribution in [1.29, 1.82) is 0 Å². The number of rotatable bonds is 6. The first-order valence-corrected chi connectivity index (χ1v) is 11.4. The second-order valence-electron chi connectivity index (χ2n) is 7.89. The van der Waals surface area contributed by atoms with Crippen molar-refractivity contribution in [3.05, 3.63) is 76.2 Å². The number of likely N-dealkylation sites (tertiary alicyclic amines) is 1. The van der Waals surface area contributed by atoms with Crippen LogP contribution in [0.4, 0.5) is 5.00 Å². The van der Waals surface area contributed by atoms with E-state index in [0.29, 0.717) is 29.1 Å². The summed E-state index contributed by atoms with van der Waals surface area (Å²) in [6, 6.07) is 16.7. The second kappa shape index (κ2) is 9.36. The van der Waals surface area contributed by atoms with Crippen LogP contribution in [0.2, 0.25) is 0 Å². The third-order valence-electron chi connectivity index (χ3n) is 5.63. The highest BCUT2D eigenvalue weighted by Crippen LogP contribution is 2.39. The smallest absolute Gasteiger partial charge is 0.256 e. The third-order valence-corrected chi connectivity index (χ3v) is 6.65. The maximum Gasteiger partial charge on any atom is 0.256 e. The lowest BCUT2D eigenvalue weighted by Gasteiger charge is -2.26. The molecule has 0 atom stereocenters. The van der Waals surface area contributed by atoms with Crippen LogP contribution in [0.1, 0.15) is 50.4 Å². The Morgan fingerprint density at radius 1 is 1.06 bits per heavy atom. The molecular weight excluding hydrogens is 422 g/mol. The molecule has 3 aromatic rings. The average molecular weight is 448 g/mol. The molecule has 6 nitrogen and oxygen atoms in total. The number of carbonyl (C=O) groups excluding carboxylic acids is 3. The van der Waals surface area contributed by atoms with E-state index < -0.39 is 5.91 Å². The van der Waals surface area contributed by atoms with Gasteiger partial charge in [0.25, 0.3) is 11.8 Å². The van der Waals surface area contributed by atoms with Gasteiger partial charge in [0.15, 0.2) is 0 Å². The van der Waals surface area contributed by atoms with Gasteiger partial charge in [0.05, 0.1) is 5.56 Å². The topological polar surface area (TPSA) is 92.5 Å². The average Bonchev–Trinajstić information content (AvgIpc) is 3.12. The van der Waals surface area contributed by atoms with Gasteiger partial charge in [-0.2, -0.15) is 0 Å². The van der Waals surface area contributed by atoms with Crippen LogP contribution < -0.4 is 11.1 Å². The van der Waals surface area contributed by atoms with Crippen LogP contribution in [0.3, 0.4) is 0 Å². The standard InChI is InChI=1S/C25H25N3O3S/c1-16-21(18-7-3-2-4-8-18)22(23(26)30)25(32-16)27-24(31)19-12-10-17(11-13-19)15-28-14-6-5-9-20(28)29/h2-4,7-8,10-13H,5-6,9,14-15H2,1H3,(H2,26,30)(H,27,31). The Morgan fingerprint density at radius 2 is 1.78 bits per heavy atom. The van der Waals surface area contributed by atoms with E-state index >= 15 is 0 Å². The van der Waals surface area contributed by atoms with E-state index in [2.05, 4.69) is 5.32 Å². The van der Waals surface area contributed by atoms with E-state index in [-0.39, 0.29) is 11.8 Å². The molecule has 32 heavy (non-hydrogen) atoms. The molecule has 2 aromatic carbocycles. The van der Waals surface area contributed by atoms with E-state index in [1.54, 1.807) is 12.1 Å². The number of primary amides is 1. The number of aryl methyl sites for hydroxylation is 1. The molecule has 4 rings (SSSR count). The number of anilines is 1. The fourth-order valence-corrected chi connectivity index (χ4v) is 5.08. The van der Waals surface area contributed by atoms with Crippen LogP contribution in [0.15, 0.2) is 54.6 Å². The largest absolute Gasteiger partial charge is 0.365 e. The number of amides is 3. The SMILES string of the molecule is Cc1sc(NC(=O)c2ccc(CN3CCCCC3=O)cc2)c(C(N)=O)c1-c1ccccc1. The van der Waals surface area contributed by atoms with Crippen LogP contribution in [-0.4, -0.2) is 29.2 Å². The van der Waals surface area contributed by atoms with E-state index in [0.717, 1.165) is 41.0 Å². The summed E-state index contributed by atoms with van der Waals surface area (Å²) in [4.78, 5) is 39.9. The lowest BCUT2D eigenvalue weighted by atomic mass is 10.0. The molecule has 1 aliphatic heterocycles. The summed E-state index contributed by atoms with van der Waals surface area (Å²) in [6.45, 7) is 3.24. The number of carbonyl (C=O) groups is 3. The van der Waals surface area contributed by atoms with Crippen molar-refractivity contribution in [2.24, 2.45) is 5.73 Å². The Morgan fingerprint density at radius 3 is 2.44 bits per heavy atom. The van der Waals surface area contributed by atoms with Gasteiger partial charge in [-0.05, 0) is 43.0 Å². The number of nitrogens with one attached hydrogen (secondary N) is 1. The molecule has 0 saturated carbocycles. The normalized spacial score (nSPS) is 13.8. The molecule has 0 unspecified atom stereocenters. The van der Waals surface area contributed by atoms with Crippen molar-refractivity contribution >= 4 is 34.1 Å². The number of nitrogens with two attached hydrogens (primary N) is 1. The molecule has 3 N–H and O–H groups in total. The van der Waals surface area contributed by atoms with Crippen molar-refractivity contribution in [3.63, 3.8) is 0 Å². The molecule has 164 valence electrons. The summed E-state index contributed by atoms with van der Waals surface area (Å²) in [5.41, 5.74) is 9.10. The van der Waals surface area contributed by atoms with E-state index in [1.165, 1.54) is 11.3 Å². The Bertz CT molecular complexity index is 1150. The minimum atomic E-state index is -0.579. The van der Waals surface area contributed by atoms with Gasteiger partial charge in [-0.3, -0.25) is 14.4 Å². The molecule has 2 heterocycles. The molecule has 1 aliphatic rings. The van der Waals surface area contributed by atoms with Gasteiger partial charge in [-0.1, -0.05) is 42.5 Å². The highest BCUT2D eigenvalue weighted by Gasteiger charge is 2.23. The molecule has 0 bridgehead atoms. The third kappa shape index (κ3) is 4.57. The Balaban J connectivity index is 1.53. The van der Waals surface area contributed by atoms with Gasteiger partial charge in [-0.25, -0.2) is 0 Å². The number of nitrogens with zero attached hydrogens (tertiary/aromatic N) is 1. The quantitative estimate of drug-likeness (QED) is 0.579. The van der Waals surface area contributed by atoms with Gasteiger partial charge < -0.3 is 16.0 Å². The highest BCUT2D eigenvalue weighted by molar-refractivity contribution is 7.17. The fourth-order valence-electron chi connectivity index (χ4n) is 4.01. The molecule has 0 spiro atoms. The minimum Gasteiger partial charge on any atom is -0.365 e. The Kier molecular flexibility index (Phi) is 6.37. The van der Waals surface area contributed by atoms with Crippen LogP contribution in [0, 0.1) is 6.92 Å². The number of hydrogen-bond acceptors (Lipinski definition) is 4. The van der Waals surface area contributed by atoms with Gasteiger partial charge in [-0.15, -0.1) is 11.3 Å². The molecule has 1 fully saturated rings. The van der Waals surface area contributed by atoms with Crippen LogP contribution >= 0.6 is 11.3 Å². The van der Waals surface area contributed by atoms with Crippen LogP contribution in [0.25, 0.3) is 11.1 Å². The molecule has 1 saturated heterocycles. The van der Waals surface area contributed by atoms with Crippen LogP contribution in [0.5, 0.6) is 0 Å². The van der Waals surface area contributed by atoms with E-state index in [9.17, 15) is 14.4 Å². The number of piperidine rings is 1. The monoisotopic (exact) mass is 447 g/mol. The first-order chi connectivity index (χ1) is 15.4. The van der Waals surface area contributed by atoms with Gasteiger partial charge >= 0.3 is 0 Å². The predicted octanol–water partition coefficient (Wildman–Crippen LogP) is 4.59. The molecule has 0 aliphatic carbocycles. The number of hydrogen-bond donors (Lipinski definition) is 2. The second-order valence-corrected chi connectivity index (χ2v) is 9.12. The first kappa shape index (κ1) is 21.8. The van der Waals surface area contributed by atoms with Crippen molar-refractivity contribution in [2.75, 3.05) is 11.9 Å². The first-order valence-electron chi connectivity index (χ1n) is 10.6. The Hall–Kier alpha value is -3.45. The lowest BCUT2D eigenvalue weighted by Crippen LogP contribution is -2.34. The molecule has 0 radical (unpaired) electrons. The zero-order valence-electron chi connectivity index (χ0n) is 17.9. The number of thiophene rings is 1. The fraction of sp³-hybridized carbons (Fsp3) is 0.240. The maximum absolute atomic E-state index is 12.9. The van der Waals surface area contributed by atoms with E-state index in [1.807, 2.05) is 54.3 Å². The molecule has 7 heteroatoms. The highest BCUT2D eigenvalue weighted by atomic mass is 32.1. The minimum absolute atomic E-state index is 0.180. The van der Waals surface area contributed by atoms with Crippen molar-refractivity contribution in [1.82, 2.24) is 4.90 Å². The lowest BCUT2D eigenvalue weighted by molar-refractivity contribution is -0.133. The zero-order valence-corrected chi connectivity index (χ0v) is 18.7. The van der Waals surface area contributed by atoms with Gasteiger partial charge in [0, 0.05) is 35.5 Å². The van der Waals surface area contributed by atoms with Gasteiger partial charge in [0.2, 0.25) is 5.91 Å². The van der Waals surface area contributed by atoms with E-state index in [4.69, 9.17) is 5.73 Å². The molecule has 3 amide bonds. The summed E-state index contributed by atoms with van der Waals surface area (Å²) in [5, 5.41) is 3.31.